The Labute approximate surface area is 164 Å². The fourth-order valence-electron chi connectivity index (χ4n) is 1.85. The number of azo groups is 1. The molecule has 0 amide bonds. The van der Waals surface area contributed by atoms with Gasteiger partial charge in [-0.1, -0.05) is 13.3 Å². The summed E-state index contributed by atoms with van der Waals surface area (Å²) < 4.78 is 32.5. The fourth-order valence-corrected chi connectivity index (χ4v) is 2.32. The maximum atomic E-state index is 10.8. The summed E-state index contributed by atoms with van der Waals surface area (Å²) in [6.07, 6.45) is 2.27. The Kier molecular flexibility index (Phi) is 8.58. The Morgan fingerprint density at radius 2 is 1.46 bits per heavy atom. The molecule has 0 fully saturated rings. The number of hydrogen-bond donors (Lipinski definition) is 1. The predicted octanol–water partition coefficient (Wildman–Crippen LogP) is 1.22. The van der Waals surface area contributed by atoms with Gasteiger partial charge in [-0.25, -0.2) is 8.42 Å². The van der Waals surface area contributed by atoms with E-state index in [1.807, 2.05) is 24.3 Å². The molecule has 1 N–H and O–H groups in total. The number of rotatable bonds is 7. The average molecular weight is 355 g/mol. The molecule has 0 atom stereocenters. The van der Waals surface area contributed by atoms with Crippen molar-refractivity contribution in [3.05, 3.63) is 48.5 Å². The van der Waals surface area contributed by atoms with Gasteiger partial charge in [0.2, 0.25) is 0 Å². The van der Waals surface area contributed by atoms with E-state index in [1.54, 1.807) is 0 Å². The van der Waals surface area contributed by atoms with Gasteiger partial charge in [0.05, 0.1) is 16.3 Å². The third-order valence-electron chi connectivity index (χ3n) is 3.13. The molecular weight excluding hydrogens is 337 g/mol. The molecule has 122 valence electrons. The fraction of sp³-hybridized carbons (Fsp3) is 0.250. The van der Waals surface area contributed by atoms with Crippen LogP contribution in [0.4, 0.5) is 17.1 Å². The molecule has 0 spiro atoms. The van der Waals surface area contributed by atoms with Gasteiger partial charge < -0.3 is 9.87 Å². The van der Waals surface area contributed by atoms with E-state index < -0.39 is 10.1 Å². The monoisotopic (exact) mass is 355 g/mol. The van der Waals surface area contributed by atoms with E-state index >= 15 is 0 Å². The minimum atomic E-state index is -4.43. The van der Waals surface area contributed by atoms with Gasteiger partial charge in [0.15, 0.2) is 0 Å². The zero-order valence-electron chi connectivity index (χ0n) is 13.8. The molecule has 0 heterocycles. The van der Waals surface area contributed by atoms with E-state index in [2.05, 4.69) is 22.5 Å². The van der Waals surface area contributed by atoms with Gasteiger partial charge in [0.25, 0.3) is 0 Å². The van der Waals surface area contributed by atoms with Crippen LogP contribution in [0.15, 0.2) is 63.7 Å². The van der Waals surface area contributed by atoms with Crippen molar-refractivity contribution in [3.8, 4) is 0 Å². The van der Waals surface area contributed by atoms with Crippen LogP contribution >= 0.6 is 0 Å². The number of unbranched alkanes of at least 4 members (excludes halogenated alkanes) is 1. The van der Waals surface area contributed by atoms with Crippen LogP contribution in [0, 0.1) is 0 Å². The molecule has 0 saturated heterocycles. The quantitative estimate of drug-likeness (QED) is 0.350. The summed E-state index contributed by atoms with van der Waals surface area (Å²) in [6, 6.07) is 12.9. The number of nitrogens with zero attached hydrogens (tertiary/aromatic N) is 2. The Bertz CT molecular complexity index is 760. The molecular formula is C16H18N3NaO3S. The maximum absolute atomic E-state index is 10.8. The van der Waals surface area contributed by atoms with Gasteiger partial charge in [-0.05, 0) is 55.0 Å². The standard InChI is InChI=1S/C16H19N3O3S.Na/c1-2-3-12-17-13-4-6-14(7-5-13)18-19-15-8-10-16(11-9-15)23(20,21)22;/h4-11,17H,2-3,12H2,1H3,(H,20,21,22);/q;+1/p-1. The number of nitrogens with one attached hydrogen (secondary N) is 1. The van der Waals surface area contributed by atoms with Gasteiger partial charge in [0.1, 0.15) is 10.1 Å². The summed E-state index contributed by atoms with van der Waals surface area (Å²) in [5.41, 5.74) is 2.19. The molecule has 2 rings (SSSR count). The van der Waals surface area contributed by atoms with E-state index in [4.69, 9.17) is 0 Å². The first-order valence-electron chi connectivity index (χ1n) is 7.30. The Morgan fingerprint density at radius 3 is 1.92 bits per heavy atom. The van der Waals surface area contributed by atoms with Crippen molar-refractivity contribution in [1.29, 1.82) is 0 Å². The molecule has 24 heavy (non-hydrogen) atoms. The molecule has 8 heteroatoms. The van der Waals surface area contributed by atoms with Gasteiger partial charge in [-0.15, -0.1) is 0 Å². The van der Waals surface area contributed by atoms with Crippen molar-refractivity contribution < 1.29 is 42.5 Å². The van der Waals surface area contributed by atoms with E-state index in [1.165, 1.54) is 24.3 Å². The van der Waals surface area contributed by atoms with Crippen molar-refractivity contribution in [3.63, 3.8) is 0 Å². The van der Waals surface area contributed by atoms with E-state index in [-0.39, 0.29) is 34.5 Å². The van der Waals surface area contributed by atoms with Crippen LogP contribution in [-0.4, -0.2) is 19.5 Å². The largest absolute Gasteiger partial charge is 1.00 e. The second-order valence-electron chi connectivity index (χ2n) is 4.98. The molecule has 0 bridgehead atoms. The molecule has 0 unspecified atom stereocenters. The number of hydrogen-bond acceptors (Lipinski definition) is 6. The first kappa shape index (κ1) is 20.8. The molecule has 2 aromatic rings. The summed E-state index contributed by atoms with van der Waals surface area (Å²) in [6.45, 7) is 3.08. The molecule has 2 aromatic carbocycles. The Morgan fingerprint density at radius 1 is 0.958 bits per heavy atom. The zero-order valence-corrected chi connectivity index (χ0v) is 16.6. The number of anilines is 1. The van der Waals surface area contributed by atoms with Crippen molar-refractivity contribution in [1.82, 2.24) is 0 Å². The molecule has 0 aromatic heterocycles. The van der Waals surface area contributed by atoms with Crippen LogP contribution in [0.25, 0.3) is 0 Å². The minimum absolute atomic E-state index is 0. The normalized spacial score (nSPS) is 11.2. The van der Waals surface area contributed by atoms with Crippen LogP contribution in [-0.2, 0) is 10.1 Å². The molecule has 0 aliphatic rings. The smallest absolute Gasteiger partial charge is 0.744 e. The van der Waals surface area contributed by atoms with Crippen LogP contribution in [0.3, 0.4) is 0 Å². The third kappa shape index (κ3) is 6.70. The predicted molar refractivity (Wildman–Crippen MR) is 88.4 cm³/mol. The summed E-state index contributed by atoms with van der Waals surface area (Å²) in [4.78, 5) is -0.279. The topological polar surface area (TPSA) is 94.0 Å². The SMILES string of the molecule is CCCCNc1ccc(N=Nc2ccc(S(=O)(=O)[O-])cc2)cc1.[Na+]. The zero-order chi connectivity index (χ0) is 16.7. The molecule has 0 saturated carbocycles. The molecule has 0 aliphatic heterocycles. The Hall–Kier alpha value is -1.25. The van der Waals surface area contributed by atoms with Crippen LogP contribution in [0.2, 0.25) is 0 Å². The summed E-state index contributed by atoms with van der Waals surface area (Å²) in [5, 5.41) is 11.4. The van der Waals surface area contributed by atoms with E-state index in [0.717, 1.165) is 25.1 Å². The maximum Gasteiger partial charge on any atom is 1.00 e. The second-order valence-corrected chi connectivity index (χ2v) is 6.35. The van der Waals surface area contributed by atoms with Gasteiger partial charge >= 0.3 is 29.6 Å². The third-order valence-corrected chi connectivity index (χ3v) is 3.98. The van der Waals surface area contributed by atoms with Crippen LogP contribution in [0.5, 0.6) is 0 Å². The second kappa shape index (κ2) is 9.90. The first-order chi connectivity index (χ1) is 11.0. The first-order valence-corrected chi connectivity index (χ1v) is 8.71. The van der Waals surface area contributed by atoms with Crippen molar-refractivity contribution in [2.45, 2.75) is 24.7 Å². The molecule has 0 radical (unpaired) electrons. The van der Waals surface area contributed by atoms with Crippen LogP contribution in [0.1, 0.15) is 19.8 Å². The average Bonchev–Trinajstić information content (AvgIpc) is 2.54. The van der Waals surface area contributed by atoms with Gasteiger partial charge in [0, 0.05) is 12.2 Å². The van der Waals surface area contributed by atoms with E-state index in [9.17, 15) is 13.0 Å². The van der Waals surface area contributed by atoms with Gasteiger partial charge in [-0.3, -0.25) is 0 Å². The van der Waals surface area contributed by atoms with Crippen molar-refractivity contribution >= 4 is 27.2 Å². The molecule has 6 nitrogen and oxygen atoms in total. The van der Waals surface area contributed by atoms with Crippen molar-refractivity contribution in [2.24, 2.45) is 10.2 Å². The van der Waals surface area contributed by atoms with Gasteiger partial charge in [-0.2, -0.15) is 10.2 Å². The summed E-state index contributed by atoms with van der Waals surface area (Å²) in [5.74, 6) is 0. The van der Waals surface area contributed by atoms with Crippen molar-refractivity contribution in [2.75, 3.05) is 11.9 Å². The molecule has 0 aliphatic carbocycles. The van der Waals surface area contributed by atoms with Crippen LogP contribution < -0.4 is 34.9 Å². The Balaban J connectivity index is 0.00000288. The minimum Gasteiger partial charge on any atom is -0.744 e. The summed E-state index contributed by atoms with van der Waals surface area (Å²) >= 11 is 0. The van der Waals surface area contributed by atoms with E-state index in [0.29, 0.717) is 11.4 Å². The summed E-state index contributed by atoms with van der Waals surface area (Å²) in [7, 11) is -4.43. The number of benzene rings is 2.